The summed E-state index contributed by atoms with van der Waals surface area (Å²) in [6.45, 7) is 10.3. The van der Waals surface area contributed by atoms with E-state index in [2.05, 4.69) is 26.1 Å². The van der Waals surface area contributed by atoms with Crippen molar-refractivity contribution in [3.8, 4) is 0 Å². The van der Waals surface area contributed by atoms with Gasteiger partial charge in [0, 0.05) is 12.1 Å². The average Bonchev–Trinajstić information content (AvgIpc) is 2.62. The molecule has 1 heterocycles. The number of nitrogens with one attached hydrogen (secondary N) is 1. The van der Waals surface area contributed by atoms with E-state index in [1.54, 1.807) is 0 Å². The second-order valence-electron chi connectivity index (χ2n) is 5.46. The fraction of sp³-hybridized carbons (Fsp3) is 0.857. The van der Waals surface area contributed by atoms with Crippen LogP contribution < -0.4 is 5.32 Å². The smallest absolute Gasteiger partial charge is 0.247 e. The Labute approximate surface area is 110 Å². The lowest BCUT2D eigenvalue weighted by molar-refractivity contribution is -0.141. The van der Waals surface area contributed by atoms with E-state index in [4.69, 9.17) is 0 Å². The highest BCUT2D eigenvalue weighted by Crippen LogP contribution is 2.19. The van der Waals surface area contributed by atoms with Crippen LogP contribution in [0.2, 0.25) is 0 Å². The van der Waals surface area contributed by atoms with Gasteiger partial charge in [-0.05, 0) is 26.2 Å². The van der Waals surface area contributed by atoms with Crippen LogP contribution in [0.1, 0.15) is 53.9 Å². The molecule has 1 fully saturated rings. The molecule has 0 aromatic carbocycles. The lowest BCUT2D eigenvalue weighted by Gasteiger charge is -2.25. The quantitative estimate of drug-likeness (QED) is 0.737. The summed E-state index contributed by atoms with van der Waals surface area (Å²) in [6.07, 6.45) is 2.19. The highest BCUT2D eigenvalue weighted by atomic mass is 16.2. The van der Waals surface area contributed by atoms with Gasteiger partial charge in [0.05, 0.1) is 12.5 Å². The molecule has 0 radical (unpaired) electrons. The summed E-state index contributed by atoms with van der Waals surface area (Å²) in [6, 6.07) is -0.0557. The molecular weight excluding hydrogens is 228 g/mol. The Kier molecular flexibility index (Phi) is 5.32. The summed E-state index contributed by atoms with van der Waals surface area (Å²) in [4.78, 5) is 25.5. The van der Waals surface area contributed by atoms with E-state index < -0.39 is 0 Å². The summed E-state index contributed by atoms with van der Waals surface area (Å²) in [5, 5.41) is 3.31. The highest BCUT2D eigenvalue weighted by Gasteiger charge is 2.41. The first-order chi connectivity index (χ1) is 8.42. The van der Waals surface area contributed by atoms with Crippen LogP contribution in [-0.2, 0) is 9.59 Å². The third-order valence-corrected chi connectivity index (χ3v) is 4.18. The minimum atomic E-state index is -0.324. The van der Waals surface area contributed by atoms with Crippen molar-refractivity contribution in [2.75, 3.05) is 0 Å². The fourth-order valence-corrected chi connectivity index (χ4v) is 2.26. The van der Waals surface area contributed by atoms with Gasteiger partial charge >= 0.3 is 0 Å². The lowest BCUT2D eigenvalue weighted by Crippen LogP contribution is -2.46. The predicted octanol–water partition coefficient (Wildman–Crippen LogP) is 1.94. The van der Waals surface area contributed by atoms with Crippen molar-refractivity contribution >= 4 is 11.8 Å². The Balaban J connectivity index is 2.66. The van der Waals surface area contributed by atoms with E-state index in [0.29, 0.717) is 12.3 Å². The first-order valence-corrected chi connectivity index (χ1v) is 7.04. The first kappa shape index (κ1) is 15.2. The van der Waals surface area contributed by atoms with Crippen molar-refractivity contribution in [2.45, 2.75) is 72.0 Å². The molecule has 0 aromatic heterocycles. The molecule has 0 aliphatic carbocycles. The monoisotopic (exact) mass is 254 g/mol. The Morgan fingerprint density at radius 3 is 2.33 bits per heavy atom. The van der Waals surface area contributed by atoms with Gasteiger partial charge in [0.15, 0.2) is 0 Å². The molecule has 1 aliphatic rings. The molecule has 1 rings (SSSR count). The topological polar surface area (TPSA) is 49.4 Å². The van der Waals surface area contributed by atoms with E-state index in [9.17, 15) is 9.59 Å². The average molecular weight is 254 g/mol. The van der Waals surface area contributed by atoms with Crippen LogP contribution in [0.15, 0.2) is 0 Å². The molecule has 2 amide bonds. The van der Waals surface area contributed by atoms with Crippen LogP contribution in [0.25, 0.3) is 0 Å². The van der Waals surface area contributed by atoms with Gasteiger partial charge in [0.1, 0.15) is 0 Å². The zero-order chi connectivity index (χ0) is 13.9. The maximum atomic E-state index is 12.2. The Morgan fingerprint density at radius 2 is 1.83 bits per heavy atom. The Bertz CT molecular complexity index is 317. The summed E-state index contributed by atoms with van der Waals surface area (Å²) in [5.74, 6) is 0.415. The van der Waals surface area contributed by atoms with Gasteiger partial charge in [0.25, 0.3) is 0 Å². The fourth-order valence-electron chi connectivity index (χ4n) is 2.26. The maximum absolute atomic E-state index is 12.2. The molecule has 1 saturated heterocycles. The van der Waals surface area contributed by atoms with Crippen molar-refractivity contribution in [1.29, 1.82) is 0 Å². The van der Waals surface area contributed by atoms with Crippen LogP contribution in [-0.4, -0.2) is 34.8 Å². The molecule has 0 saturated carbocycles. The number of rotatable bonds is 6. The molecule has 1 N–H and O–H groups in total. The molecular formula is C14H26N2O2. The SMILES string of the molecule is CCC(C)C(C)NC1CC(=O)N(C(C)CC)C1=O. The Hall–Kier alpha value is -0.900. The summed E-state index contributed by atoms with van der Waals surface area (Å²) < 4.78 is 0. The van der Waals surface area contributed by atoms with E-state index in [1.807, 2.05) is 13.8 Å². The summed E-state index contributed by atoms with van der Waals surface area (Å²) in [7, 11) is 0. The zero-order valence-electron chi connectivity index (χ0n) is 12.2. The number of likely N-dealkylation sites (tertiary alicyclic amines) is 1. The highest BCUT2D eigenvalue weighted by molar-refractivity contribution is 6.05. The van der Waals surface area contributed by atoms with Crippen LogP contribution >= 0.6 is 0 Å². The zero-order valence-corrected chi connectivity index (χ0v) is 12.2. The van der Waals surface area contributed by atoms with Crippen LogP contribution in [0, 0.1) is 5.92 Å². The molecule has 4 atom stereocenters. The molecule has 4 unspecified atom stereocenters. The van der Waals surface area contributed by atoms with Crippen molar-refractivity contribution < 1.29 is 9.59 Å². The van der Waals surface area contributed by atoms with Crippen molar-refractivity contribution in [3.05, 3.63) is 0 Å². The van der Waals surface area contributed by atoms with E-state index in [0.717, 1.165) is 12.8 Å². The summed E-state index contributed by atoms with van der Waals surface area (Å²) in [5.41, 5.74) is 0. The number of nitrogens with zero attached hydrogens (tertiary/aromatic N) is 1. The van der Waals surface area contributed by atoms with Gasteiger partial charge in [-0.3, -0.25) is 14.5 Å². The number of carbonyl (C=O) groups is 2. The molecule has 104 valence electrons. The molecule has 0 spiro atoms. The van der Waals surface area contributed by atoms with Gasteiger partial charge in [-0.15, -0.1) is 0 Å². The minimum Gasteiger partial charge on any atom is -0.303 e. The van der Waals surface area contributed by atoms with E-state index >= 15 is 0 Å². The van der Waals surface area contributed by atoms with E-state index in [-0.39, 0.29) is 29.9 Å². The van der Waals surface area contributed by atoms with Crippen molar-refractivity contribution in [1.82, 2.24) is 10.2 Å². The van der Waals surface area contributed by atoms with Crippen LogP contribution in [0.5, 0.6) is 0 Å². The lowest BCUT2D eigenvalue weighted by atomic mass is 10.00. The maximum Gasteiger partial charge on any atom is 0.247 e. The molecule has 4 nitrogen and oxygen atoms in total. The first-order valence-electron chi connectivity index (χ1n) is 7.04. The standard InChI is InChI=1S/C14H26N2O2/c1-6-9(3)11(5)15-12-8-13(17)16(14(12)18)10(4)7-2/h9-12,15H,6-8H2,1-5H3. The van der Waals surface area contributed by atoms with Gasteiger partial charge in [-0.2, -0.15) is 0 Å². The van der Waals surface area contributed by atoms with Crippen LogP contribution in [0.3, 0.4) is 0 Å². The van der Waals surface area contributed by atoms with Gasteiger partial charge in [0.2, 0.25) is 11.8 Å². The Morgan fingerprint density at radius 1 is 1.22 bits per heavy atom. The van der Waals surface area contributed by atoms with Crippen LogP contribution in [0.4, 0.5) is 0 Å². The number of amides is 2. The third kappa shape index (κ3) is 3.10. The van der Waals surface area contributed by atoms with Crippen molar-refractivity contribution in [2.24, 2.45) is 5.92 Å². The number of hydrogen-bond acceptors (Lipinski definition) is 3. The number of carbonyl (C=O) groups excluding carboxylic acids is 2. The van der Waals surface area contributed by atoms with Gasteiger partial charge < -0.3 is 5.32 Å². The second-order valence-corrected chi connectivity index (χ2v) is 5.46. The van der Waals surface area contributed by atoms with Crippen molar-refractivity contribution in [3.63, 3.8) is 0 Å². The summed E-state index contributed by atoms with van der Waals surface area (Å²) >= 11 is 0. The second kappa shape index (κ2) is 6.32. The number of hydrogen-bond donors (Lipinski definition) is 1. The normalized spacial score (nSPS) is 25.4. The molecule has 1 aliphatic heterocycles. The van der Waals surface area contributed by atoms with Gasteiger partial charge in [-0.1, -0.05) is 27.2 Å². The molecule has 0 aromatic rings. The predicted molar refractivity (Wildman–Crippen MR) is 72.1 cm³/mol. The molecule has 0 bridgehead atoms. The minimum absolute atomic E-state index is 0.00991. The largest absolute Gasteiger partial charge is 0.303 e. The molecule has 18 heavy (non-hydrogen) atoms. The third-order valence-electron chi connectivity index (χ3n) is 4.18. The van der Waals surface area contributed by atoms with Gasteiger partial charge in [-0.25, -0.2) is 0 Å². The molecule has 4 heteroatoms. The van der Waals surface area contributed by atoms with E-state index in [1.165, 1.54) is 4.90 Å². The number of imide groups is 1.